The van der Waals surface area contributed by atoms with Crippen LogP contribution in [0.3, 0.4) is 0 Å². The molecule has 0 aromatic heterocycles. The molecule has 3 unspecified atom stereocenters. The van der Waals surface area contributed by atoms with E-state index in [1.54, 1.807) is 0 Å². The van der Waals surface area contributed by atoms with Crippen molar-refractivity contribution < 1.29 is 9.84 Å². The third-order valence-corrected chi connectivity index (χ3v) is 5.05. The van der Waals surface area contributed by atoms with Crippen LogP contribution >= 0.6 is 0 Å². The van der Waals surface area contributed by atoms with Crippen LogP contribution in [-0.2, 0) is 0 Å². The Morgan fingerprint density at radius 3 is 2.75 bits per heavy atom. The summed E-state index contributed by atoms with van der Waals surface area (Å²) in [6.07, 6.45) is 2.38. The molecule has 0 saturated carbocycles. The van der Waals surface area contributed by atoms with Crippen molar-refractivity contribution in [2.75, 3.05) is 20.7 Å². The molecule has 0 amide bonds. The number of hydrogen-bond acceptors (Lipinski definition) is 3. The first kappa shape index (κ1) is 15.3. The van der Waals surface area contributed by atoms with Gasteiger partial charge in [-0.15, -0.1) is 0 Å². The van der Waals surface area contributed by atoms with Crippen LogP contribution in [0.25, 0.3) is 0 Å². The van der Waals surface area contributed by atoms with Gasteiger partial charge in [0.05, 0.1) is 12.7 Å². The van der Waals surface area contributed by atoms with Gasteiger partial charge in [0.2, 0.25) is 0 Å². The average Bonchev–Trinajstić information content (AvgIpc) is 2.46. The van der Waals surface area contributed by atoms with Crippen LogP contribution in [-0.4, -0.2) is 42.4 Å². The largest absolute Gasteiger partial charge is 0.493 e. The first-order valence-corrected chi connectivity index (χ1v) is 7.56. The summed E-state index contributed by atoms with van der Waals surface area (Å²) in [5.74, 6) is 1.37. The summed E-state index contributed by atoms with van der Waals surface area (Å²) in [5.41, 5.74) is 1.07. The highest BCUT2D eigenvalue weighted by Gasteiger charge is 2.36. The molecule has 0 aliphatic carbocycles. The van der Waals surface area contributed by atoms with E-state index in [0.29, 0.717) is 5.92 Å². The summed E-state index contributed by atoms with van der Waals surface area (Å²) in [6, 6.07) is 8.22. The van der Waals surface area contributed by atoms with E-state index in [2.05, 4.69) is 30.9 Å². The number of aliphatic hydroxyl groups excluding tert-OH is 1. The van der Waals surface area contributed by atoms with Crippen LogP contribution in [0.2, 0.25) is 0 Å². The Morgan fingerprint density at radius 1 is 1.40 bits per heavy atom. The van der Waals surface area contributed by atoms with Gasteiger partial charge in [0.15, 0.2) is 0 Å². The number of rotatable bonds is 5. The Bertz CT molecular complexity index is 446. The molecule has 0 radical (unpaired) electrons. The molecule has 0 bridgehead atoms. The fraction of sp³-hybridized carbons (Fsp3) is 0.647. The van der Waals surface area contributed by atoms with Gasteiger partial charge >= 0.3 is 0 Å². The molecule has 2 rings (SSSR count). The lowest BCUT2D eigenvalue weighted by atomic mass is 9.80. The number of para-hydroxylation sites is 1. The van der Waals surface area contributed by atoms with Gasteiger partial charge in [0.25, 0.3) is 0 Å². The Kier molecular flexibility index (Phi) is 4.71. The van der Waals surface area contributed by atoms with E-state index in [1.807, 2.05) is 26.2 Å². The van der Waals surface area contributed by atoms with Crippen LogP contribution in [0, 0.1) is 0 Å². The number of nitrogens with zero attached hydrogens (tertiary/aromatic N) is 1. The summed E-state index contributed by atoms with van der Waals surface area (Å²) < 4.78 is 5.70. The fourth-order valence-electron chi connectivity index (χ4n) is 3.03. The van der Waals surface area contributed by atoms with Gasteiger partial charge in [-0.1, -0.05) is 25.1 Å². The average molecular weight is 277 g/mol. The van der Waals surface area contributed by atoms with Crippen molar-refractivity contribution in [2.45, 2.75) is 50.7 Å². The first-order chi connectivity index (χ1) is 9.49. The maximum Gasteiger partial charge on any atom is 0.122 e. The first-order valence-electron chi connectivity index (χ1n) is 7.56. The summed E-state index contributed by atoms with van der Waals surface area (Å²) in [6.45, 7) is 5.03. The van der Waals surface area contributed by atoms with Crippen molar-refractivity contribution >= 4 is 0 Å². The molecule has 3 nitrogen and oxygen atoms in total. The van der Waals surface area contributed by atoms with Crippen molar-refractivity contribution in [3.63, 3.8) is 0 Å². The number of hydrogen-bond donors (Lipinski definition) is 1. The van der Waals surface area contributed by atoms with Crippen molar-refractivity contribution in [2.24, 2.45) is 0 Å². The summed E-state index contributed by atoms with van der Waals surface area (Å²) >= 11 is 0. The van der Waals surface area contributed by atoms with Gasteiger partial charge in [-0.05, 0) is 57.8 Å². The minimum atomic E-state index is -0.335. The lowest BCUT2D eigenvalue weighted by molar-refractivity contribution is -0.00847. The van der Waals surface area contributed by atoms with Crippen LogP contribution in [0.5, 0.6) is 5.75 Å². The van der Waals surface area contributed by atoms with E-state index < -0.39 is 0 Å². The van der Waals surface area contributed by atoms with Gasteiger partial charge in [-0.25, -0.2) is 0 Å². The normalized spacial score (nSPS) is 22.8. The van der Waals surface area contributed by atoms with Crippen LogP contribution in [0.4, 0.5) is 0 Å². The maximum atomic E-state index is 10.7. The lowest BCUT2D eigenvalue weighted by Gasteiger charge is -2.41. The van der Waals surface area contributed by atoms with Crippen LogP contribution in [0.1, 0.15) is 44.6 Å². The molecule has 1 aromatic rings. The Morgan fingerprint density at radius 2 is 2.10 bits per heavy atom. The minimum absolute atomic E-state index is 0.173. The molecule has 1 aromatic carbocycles. The van der Waals surface area contributed by atoms with E-state index in [9.17, 15) is 5.11 Å². The van der Waals surface area contributed by atoms with E-state index in [1.165, 1.54) is 5.56 Å². The van der Waals surface area contributed by atoms with Gasteiger partial charge in [0.1, 0.15) is 5.75 Å². The summed E-state index contributed by atoms with van der Waals surface area (Å²) in [4.78, 5) is 2.14. The molecular formula is C17H27NO2. The molecule has 20 heavy (non-hydrogen) atoms. The van der Waals surface area contributed by atoms with Crippen LogP contribution in [0.15, 0.2) is 24.3 Å². The smallest absolute Gasteiger partial charge is 0.122 e. The van der Waals surface area contributed by atoms with E-state index in [0.717, 1.165) is 31.6 Å². The predicted octanol–water partition coefficient (Wildman–Crippen LogP) is 3.03. The van der Waals surface area contributed by atoms with Gasteiger partial charge in [0, 0.05) is 5.54 Å². The summed E-state index contributed by atoms with van der Waals surface area (Å²) in [5, 5.41) is 10.7. The quantitative estimate of drug-likeness (QED) is 0.898. The molecule has 1 aliphatic heterocycles. The lowest BCUT2D eigenvalue weighted by Crippen LogP contribution is -2.51. The molecule has 1 heterocycles. The van der Waals surface area contributed by atoms with Gasteiger partial charge < -0.3 is 14.7 Å². The molecule has 112 valence electrons. The predicted molar refractivity (Wildman–Crippen MR) is 82.3 cm³/mol. The Balaban J connectivity index is 2.15. The standard InChI is InChI=1S/C17H27NO2/c1-5-17(2,18(3)4)16(19)12-13-10-11-20-15-9-7-6-8-14(13)15/h6-9,13,16,19H,5,10-12H2,1-4H3. The Hall–Kier alpha value is -1.06. The van der Waals surface area contributed by atoms with E-state index in [-0.39, 0.29) is 11.6 Å². The second kappa shape index (κ2) is 6.15. The topological polar surface area (TPSA) is 32.7 Å². The maximum absolute atomic E-state index is 10.7. The molecule has 1 aliphatic rings. The number of fused-ring (bicyclic) bond motifs is 1. The third kappa shape index (κ3) is 2.84. The monoisotopic (exact) mass is 277 g/mol. The molecule has 3 heteroatoms. The number of ether oxygens (including phenoxy) is 1. The Labute approximate surface area is 122 Å². The zero-order valence-electron chi connectivity index (χ0n) is 13.1. The van der Waals surface area contributed by atoms with Crippen molar-refractivity contribution in [1.82, 2.24) is 4.90 Å². The minimum Gasteiger partial charge on any atom is -0.493 e. The second-order valence-electron chi connectivity index (χ2n) is 6.23. The van der Waals surface area contributed by atoms with Crippen molar-refractivity contribution in [3.05, 3.63) is 29.8 Å². The second-order valence-corrected chi connectivity index (χ2v) is 6.23. The molecule has 0 spiro atoms. The molecule has 0 saturated heterocycles. The third-order valence-electron chi connectivity index (χ3n) is 5.05. The van der Waals surface area contributed by atoms with Gasteiger partial charge in [-0.3, -0.25) is 0 Å². The summed E-state index contributed by atoms with van der Waals surface area (Å²) in [7, 11) is 4.09. The zero-order chi connectivity index (χ0) is 14.8. The van der Waals surface area contributed by atoms with E-state index >= 15 is 0 Å². The molecule has 3 atom stereocenters. The zero-order valence-corrected chi connectivity index (χ0v) is 13.1. The fourth-order valence-corrected chi connectivity index (χ4v) is 3.03. The molecular weight excluding hydrogens is 250 g/mol. The highest BCUT2D eigenvalue weighted by molar-refractivity contribution is 5.37. The molecule has 1 N–H and O–H groups in total. The van der Waals surface area contributed by atoms with Crippen LogP contribution < -0.4 is 4.74 Å². The number of likely N-dealkylation sites (N-methyl/N-ethyl adjacent to an activating group) is 1. The number of aliphatic hydroxyl groups is 1. The highest BCUT2D eigenvalue weighted by Crippen LogP contribution is 2.38. The SMILES string of the molecule is CCC(C)(C(O)CC1CCOc2ccccc21)N(C)C. The highest BCUT2D eigenvalue weighted by atomic mass is 16.5. The number of benzene rings is 1. The van der Waals surface area contributed by atoms with Gasteiger partial charge in [-0.2, -0.15) is 0 Å². The van der Waals surface area contributed by atoms with Crippen molar-refractivity contribution in [3.8, 4) is 5.75 Å². The van der Waals surface area contributed by atoms with E-state index in [4.69, 9.17) is 4.74 Å². The molecule has 0 fully saturated rings. The van der Waals surface area contributed by atoms with Crippen molar-refractivity contribution in [1.29, 1.82) is 0 Å².